The second kappa shape index (κ2) is 6.84. The van der Waals surface area contributed by atoms with E-state index < -0.39 is 0 Å². The molecule has 2 aromatic carbocycles. The molecule has 5 nitrogen and oxygen atoms in total. The van der Waals surface area contributed by atoms with Gasteiger partial charge in [-0.15, -0.1) is 0 Å². The molecule has 0 aliphatic heterocycles. The van der Waals surface area contributed by atoms with Crippen molar-refractivity contribution in [2.24, 2.45) is 0 Å². The summed E-state index contributed by atoms with van der Waals surface area (Å²) in [6.07, 6.45) is 0.0290. The molecule has 3 rings (SSSR count). The third-order valence-corrected chi connectivity index (χ3v) is 4.00. The molecule has 1 N–H and O–H groups in total. The highest BCUT2D eigenvalue weighted by atomic mass is 35.5. The van der Waals surface area contributed by atoms with Gasteiger partial charge in [-0.05, 0) is 43.7 Å². The van der Waals surface area contributed by atoms with Crippen molar-refractivity contribution in [3.8, 4) is 11.5 Å². The molecular formula is C18H16ClN3O2. The van der Waals surface area contributed by atoms with Crippen LogP contribution in [-0.2, 0) is 11.2 Å². The van der Waals surface area contributed by atoms with Gasteiger partial charge in [0.1, 0.15) is 0 Å². The molecule has 0 aliphatic carbocycles. The van der Waals surface area contributed by atoms with Gasteiger partial charge in [0.25, 0.3) is 5.89 Å². The van der Waals surface area contributed by atoms with Gasteiger partial charge in [0, 0.05) is 16.3 Å². The van der Waals surface area contributed by atoms with Crippen LogP contribution in [0.1, 0.15) is 17.0 Å². The summed E-state index contributed by atoms with van der Waals surface area (Å²) < 4.78 is 5.24. The van der Waals surface area contributed by atoms with Crippen molar-refractivity contribution in [1.29, 1.82) is 0 Å². The average molecular weight is 342 g/mol. The van der Waals surface area contributed by atoms with Gasteiger partial charge >= 0.3 is 0 Å². The lowest BCUT2D eigenvalue weighted by Gasteiger charge is -2.08. The molecule has 0 bridgehead atoms. The average Bonchev–Trinajstić information content (AvgIpc) is 3.00. The van der Waals surface area contributed by atoms with Crippen molar-refractivity contribution >= 4 is 23.2 Å². The lowest BCUT2D eigenvalue weighted by molar-refractivity contribution is -0.115. The summed E-state index contributed by atoms with van der Waals surface area (Å²) in [5.74, 6) is 0.515. The highest BCUT2D eigenvalue weighted by molar-refractivity contribution is 6.31. The van der Waals surface area contributed by atoms with Gasteiger partial charge in [0.2, 0.25) is 5.91 Å². The van der Waals surface area contributed by atoms with Crippen molar-refractivity contribution in [3.63, 3.8) is 0 Å². The standard InChI is InChI=1S/C18H16ClN3O2/c1-11-5-3-6-13(9-11)18-21-16(22-24-18)10-17(23)20-15-8-4-7-14(19)12(15)2/h3-9H,10H2,1-2H3,(H,20,23). The number of aromatic nitrogens is 2. The Hall–Kier alpha value is -2.66. The fourth-order valence-electron chi connectivity index (χ4n) is 2.30. The number of hydrogen-bond donors (Lipinski definition) is 1. The van der Waals surface area contributed by atoms with Crippen LogP contribution in [0.25, 0.3) is 11.5 Å². The summed E-state index contributed by atoms with van der Waals surface area (Å²) in [5, 5.41) is 7.29. The minimum absolute atomic E-state index is 0.0290. The summed E-state index contributed by atoms with van der Waals surface area (Å²) in [6, 6.07) is 13.1. The zero-order valence-corrected chi connectivity index (χ0v) is 14.1. The molecule has 3 aromatic rings. The van der Waals surface area contributed by atoms with Crippen LogP contribution in [0.3, 0.4) is 0 Å². The summed E-state index contributed by atoms with van der Waals surface area (Å²) >= 11 is 6.05. The minimum Gasteiger partial charge on any atom is -0.334 e. The molecule has 6 heteroatoms. The monoisotopic (exact) mass is 341 g/mol. The predicted molar refractivity (Wildman–Crippen MR) is 93.0 cm³/mol. The minimum atomic E-state index is -0.225. The smallest absolute Gasteiger partial charge is 0.257 e. The third kappa shape index (κ3) is 3.63. The number of benzene rings is 2. The van der Waals surface area contributed by atoms with E-state index >= 15 is 0 Å². The first kappa shape index (κ1) is 16.2. The number of nitrogens with zero attached hydrogens (tertiary/aromatic N) is 2. The molecule has 0 aliphatic rings. The number of carbonyl (C=O) groups excluding carboxylic acids is 1. The number of carbonyl (C=O) groups is 1. The maximum Gasteiger partial charge on any atom is 0.257 e. The van der Waals surface area contributed by atoms with Gasteiger partial charge < -0.3 is 9.84 Å². The first-order valence-electron chi connectivity index (χ1n) is 7.47. The lowest BCUT2D eigenvalue weighted by atomic mass is 10.1. The van der Waals surface area contributed by atoms with E-state index in [-0.39, 0.29) is 12.3 Å². The van der Waals surface area contributed by atoms with Crippen molar-refractivity contribution in [1.82, 2.24) is 10.1 Å². The van der Waals surface area contributed by atoms with Gasteiger partial charge in [-0.25, -0.2) is 0 Å². The molecule has 0 saturated heterocycles. The molecule has 122 valence electrons. The first-order chi connectivity index (χ1) is 11.5. The zero-order valence-electron chi connectivity index (χ0n) is 13.3. The largest absolute Gasteiger partial charge is 0.334 e. The van der Waals surface area contributed by atoms with Gasteiger partial charge in [0.05, 0.1) is 6.42 Å². The van der Waals surface area contributed by atoms with Crippen LogP contribution in [0, 0.1) is 13.8 Å². The highest BCUT2D eigenvalue weighted by Gasteiger charge is 2.13. The van der Waals surface area contributed by atoms with Crippen LogP contribution < -0.4 is 5.32 Å². The van der Waals surface area contributed by atoms with E-state index in [1.807, 2.05) is 38.1 Å². The van der Waals surface area contributed by atoms with Gasteiger partial charge in [-0.1, -0.05) is 40.5 Å². The van der Waals surface area contributed by atoms with E-state index in [9.17, 15) is 4.79 Å². The summed E-state index contributed by atoms with van der Waals surface area (Å²) in [4.78, 5) is 16.4. The van der Waals surface area contributed by atoms with Crippen LogP contribution >= 0.6 is 11.6 Å². The molecule has 0 spiro atoms. The molecule has 0 radical (unpaired) electrons. The fourth-order valence-corrected chi connectivity index (χ4v) is 2.48. The van der Waals surface area contributed by atoms with E-state index in [1.165, 1.54) is 0 Å². The van der Waals surface area contributed by atoms with Crippen molar-refractivity contribution in [3.05, 3.63) is 64.4 Å². The Bertz CT molecular complexity index is 889. The Balaban J connectivity index is 1.70. The summed E-state index contributed by atoms with van der Waals surface area (Å²) in [7, 11) is 0. The molecule has 0 atom stereocenters. The molecule has 0 saturated carbocycles. The Morgan fingerprint density at radius 1 is 1.21 bits per heavy atom. The maximum absolute atomic E-state index is 12.2. The molecule has 0 fully saturated rings. The molecule has 0 unspecified atom stereocenters. The highest BCUT2D eigenvalue weighted by Crippen LogP contribution is 2.23. The quantitative estimate of drug-likeness (QED) is 0.772. The Kier molecular flexibility index (Phi) is 4.62. The van der Waals surface area contributed by atoms with E-state index in [4.69, 9.17) is 16.1 Å². The number of rotatable bonds is 4. The fraction of sp³-hybridized carbons (Fsp3) is 0.167. The van der Waals surface area contributed by atoms with Crippen LogP contribution in [0.15, 0.2) is 47.0 Å². The van der Waals surface area contributed by atoms with Gasteiger partial charge in [0.15, 0.2) is 5.82 Å². The van der Waals surface area contributed by atoms with E-state index in [2.05, 4.69) is 15.5 Å². The Labute approximate surface area is 144 Å². The number of nitrogens with one attached hydrogen (secondary N) is 1. The molecule has 24 heavy (non-hydrogen) atoms. The van der Waals surface area contributed by atoms with Crippen molar-refractivity contribution < 1.29 is 9.32 Å². The Morgan fingerprint density at radius 2 is 2.00 bits per heavy atom. The lowest BCUT2D eigenvalue weighted by Crippen LogP contribution is -2.16. The van der Waals surface area contributed by atoms with E-state index in [1.54, 1.807) is 18.2 Å². The second-order valence-corrected chi connectivity index (χ2v) is 5.93. The molecular weight excluding hydrogens is 326 g/mol. The van der Waals surface area contributed by atoms with Crippen LogP contribution in [0.2, 0.25) is 5.02 Å². The number of anilines is 1. The van der Waals surface area contributed by atoms with Gasteiger partial charge in [-0.2, -0.15) is 4.98 Å². The number of hydrogen-bond acceptors (Lipinski definition) is 4. The molecule has 1 amide bonds. The topological polar surface area (TPSA) is 68.0 Å². The number of amides is 1. The van der Waals surface area contributed by atoms with Crippen LogP contribution in [0.5, 0.6) is 0 Å². The van der Waals surface area contributed by atoms with Crippen LogP contribution in [0.4, 0.5) is 5.69 Å². The summed E-state index contributed by atoms with van der Waals surface area (Å²) in [5.41, 5.74) is 3.43. The zero-order chi connectivity index (χ0) is 17.1. The van der Waals surface area contributed by atoms with Crippen LogP contribution in [-0.4, -0.2) is 16.0 Å². The third-order valence-electron chi connectivity index (χ3n) is 3.59. The van der Waals surface area contributed by atoms with E-state index in [0.717, 1.165) is 16.7 Å². The number of halogens is 1. The SMILES string of the molecule is Cc1cccc(-c2nc(CC(=O)Nc3cccc(Cl)c3C)no2)c1. The maximum atomic E-state index is 12.2. The normalized spacial score (nSPS) is 10.6. The van der Waals surface area contributed by atoms with Crippen molar-refractivity contribution in [2.45, 2.75) is 20.3 Å². The second-order valence-electron chi connectivity index (χ2n) is 5.52. The predicted octanol–water partition coefficient (Wildman–Crippen LogP) is 4.19. The molecule has 1 heterocycles. The van der Waals surface area contributed by atoms with Crippen molar-refractivity contribution in [2.75, 3.05) is 5.32 Å². The summed E-state index contributed by atoms with van der Waals surface area (Å²) in [6.45, 7) is 3.84. The van der Waals surface area contributed by atoms with Gasteiger partial charge in [-0.3, -0.25) is 4.79 Å². The number of aryl methyl sites for hydroxylation is 1. The first-order valence-corrected chi connectivity index (χ1v) is 7.85. The Morgan fingerprint density at radius 3 is 2.79 bits per heavy atom. The van der Waals surface area contributed by atoms with E-state index in [0.29, 0.717) is 22.4 Å². The molecule has 1 aromatic heterocycles.